The predicted octanol–water partition coefficient (Wildman–Crippen LogP) is 4.80. The Bertz CT molecular complexity index is 368. The lowest BCUT2D eigenvalue weighted by Crippen LogP contribution is -2.29. The fraction of sp³-hybridized carbons (Fsp3) is 0.571. The van der Waals surface area contributed by atoms with E-state index in [1.807, 2.05) is 11.3 Å². The fourth-order valence-corrected chi connectivity index (χ4v) is 3.25. The molecule has 1 N–H and O–H groups in total. The number of hydrogen-bond donors (Lipinski definition) is 1. The van der Waals surface area contributed by atoms with Crippen LogP contribution in [0.5, 0.6) is 0 Å². The van der Waals surface area contributed by atoms with Crippen molar-refractivity contribution >= 4 is 27.3 Å². The topological polar surface area (TPSA) is 12.0 Å². The van der Waals surface area contributed by atoms with Gasteiger partial charge in [0.1, 0.15) is 0 Å². The molecular formula is C14H22BrNS. The molecule has 0 aromatic carbocycles. The van der Waals surface area contributed by atoms with Gasteiger partial charge in [-0.3, -0.25) is 0 Å². The van der Waals surface area contributed by atoms with Gasteiger partial charge in [0.25, 0.3) is 0 Å². The SMILES string of the molecule is C=C(C(C)C)[C@H](CNC(C)C)c1ccc(Br)s1. The highest BCUT2D eigenvalue weighted by Crippen LogP contribution is 2.34. The van der Waals surface area contributed by atoms with Crippen LogP contribution >= 0.6 is 27.3 Å². The van der Waals surface area contributed by atoms with Crippen molar-refractivity contribution in [3.05, 3.63) is 32.9 Å². The van der Waals surface area contributed by atoms with Crippen LogP contribution in [0.4, 0.5) is 0 Å². The zero-order chi connectivity index (χ0) is 13.0. The molecule has 0 bridgehead atoms. The van der Waals surface area contributed by atoms with E-state index in [1.54, 1.807) is 0 Å². The van der Waals surface area contributed by atoms with Crippen LogP contribution in [-0.2, 0) is 0 Å². The minimum atomic E-state index is 0.425. The van der Waals surface area contributed by atoms with E-state index >= 15 is 0 Å². The number of nitrogens with one attached hydrogen (secondary N) is 1. The van der Waals surface area contributed by atoms with Crippen molar-refractivity contribution in [1.29, 1.82) is 0 Å². The Labute approximate surface area is 117 Å². The Morgan fingerprint density at radius 3 is 2.41 bits per heavy atom. The van der Waals surface area contributed by atoms with E-state index in [0.29, 0.717) is 17.9 Å². The van der Waals surface area contributed by atoms with Gasteiger partial charge in [-0.25, -0.2) is 0 Å². The molecule has 1 aromatic rings. The summed E-state index contributed by atoms with van der Waals surface area (Å²) < 4.78 is 1.19. The van der Waals surface area contributed by atoms with E-state index < -0.39 is 0 Å². The minimum Gasteiger partial charge on any atom is -0.314 e. The van der Waals surface area contributed by atoms with Crippen LogP contribution in [0.1, 0.15) is 38.5 Å². The lowest BCUT2D eigenvalue weighted by molar-refractivity contribution is 0.539. The molecule has 3 heteroatoms. The maximum Gasteiger partial charge on any atom is 0.0701 e. The molecule has 0 aliphatic carbocycles. The van der Waals surface area contributed by atoms with Gasteiger partial charge in [-0.2, -0.15) is 0 Å². The summed E-state index contributed by atoms with van der Waals surface area (Å²) in [6.07, 6.45) is 0. The van der Waals surface area contributed by atoms with Crippen LogP contribution in [0.25, 0.3) is 0 Å². The Morgan fingerprint density at radius 2 is 2.00 bits per heavy atom. The third kappa shape index (κ3) is 4.57. The zero-order valence-corrected chi connectivity index (χ0v) is 13.5. The standard InChI is InChI=1S/C14H22BrNS/c1-9(2)11(5)12(8-16-10(3)4)13-6-7-14(15)17-13/h6-7,9-10,12,16H,5,8H2,1-4H3/t12-/m0/s1. The van der Waals surface area contributed by atoms with E-state index in [1.165, 1.54) is 14.2 Å². The largest absolute Gasteiger partial charge is 0.314 e. The van der Waals surface area contributed by atoms with Crippen LogP contribution < -0.4 is 5.32 Å². The Balaban J connectivity index is 2.82. The molecule has 0 amide bonds. The van der Waals surface area contributed by atoms with Crippen molar-refractivity contribution in [3.8, 4) is 0 Å². The molecule has 1 atom stereocenters. The highest BCUT2D eigenvalue weighted by molar-refractivity contribution is 9.11. The van der Waals surface area contributed by atoms with Crippen LogP contribution in [-0.4, -0.2) is 12.6 Å². The van der Waals surface area contributed by atoms with Gasteiger partial charge in [0.05, 0.1) is 3.79 Å². The summed E-state index contributed by atoms with van der Waals surface area (Å²) in [5.41, 5.74) is 1.31. The first-order valence-electron chi connectivity index (χ1n) is 6.09. The van der Waals surface area contributed by atoms with Gasteiger partial charge in [0, 0.05) is 23.4 Å². The second-order valence-corrected chi connectivity index (χ2v) is 7.48. The summed E-state index contributed by atoms with van der Waals surface area (Å²) in [4.78, 5) is 1.39. The van der Waals surface area contributed by atoms with E-state index in [0.717, 1.165) is 6.54 Å². The first-order chi connectivity index (χ1) is 7.91. The van der Waals surface area contributed by atoms with Crippen molar-refractivity contribution in [3.63, 3.8) is 0 Å². The molecule has 0 saturated heterocycles. The summed E-state index contributed by atoms with van der Waals surface area (Å²) >= 11 is 5.34. The minimum absolute atomic E-state index is 0.425. The second kappa shape index (κ2) is 6.72. The molecule has 1 nitrogen and oxygen atoms in total. The number of hydrogen-bond acceptors (Lipinski definition) is 2. The first-order valence-corrected chi connectivity index (χ1v) is 7.70. The molecule has 0 aliphatic rings. The van der Waals surface area contributed by atoms with Crippen LogP contribution in [0.2, 0.25) is 0 Å². The van der Waals surface area contributed by atoms with E-state index in [9.17, 15) is 0 Å². The summed E-state index contributed by atoms with van der Waals surface area (Å²) in [7, 11) is 0. The molecule has 0 radical (unpaired) electrons. The Hall–Kier alpha value is -0.120. The number of thiophene rings is 1. The molecule has 0 aliphatic heterocycles. The molecular weight excluding hydrogens is 294 g/mol. The average Bonchev–Trinajstić information content (AvgIpc) is 2.64. The van der Waals surface area contributed by atoms with Gasteiger partial charge < -0.3 is 5.32 Å². The third-order valence-electron chi connectivity index (χ3n) is 2.86. The molecule has 0 spiro atoms. The van der Waals surface area contributed by atoms with Crippen LogP contribution in [0.15, 0.2) is 28.1 Å². The second-order valence-electron chi connectivity index (χ2n) is 4.99. The van der Waals surface area contributed by atoms with Crippen molar-refractivity contribution < 1.29 is 0 Å². The molecule has 0 saturated carbocycles. The van der Waals surface area contributed by atoms with E-state index in [2.05, 4.69) is 67.7 Å². The van der Waals surface area contributed by atoms with Crippen LogP contribution in [0, 0.1) is 5.92 Å². The molecule has 17 heavy (non-hydrogen) atoms. The van der Waals surface area contributed by atoms with Gasteiger partial charge in [0.2, 0.25) is 0 Å². The Morgan fingerprint density at radius 1 is 1.35 bits per heavy atom. The number of rotatable bonds is 6. The third-order valence-corrected chi connectivity index (χ3v) is 4.59. The molecule has 1 heterocycles. The van der Waals surface area contributed by atoms with Crippen molar-refractivity contribution in [2.75, 3.05) is 6.54 Å². The fourth-order valence-electron chi connectivity index (χ4n) is 1.69. The zero-order valence-electron chi connectivity index (χ0n) is 11.1. The van der Waals surface area contributed by atoms with E-state index in [-0.39, 0.29) is 0 Å². The van der Waals surface area contributed by atoms with Gasteiger partial charge in [0.15, 0.2) is 0 Å². The summed E-state index contributed by atoms with van der Waals surface area (Å²) in [6, 6.07) is 4.84. The molecule has 96 valence electrons. The Kier molecular flexibility index (Phi) is 5.90. The van der Waals surface area contributed by atoms with Gasteiger partial charge in [-0.05, 0) is 34.0 Å². The highest BCUT2D eigenvalue weighted by Gasteiger charge is 2.19. The first kappa shape index (κ1) is 14.9. The van der Waals surface area contributed by atoms with Crippen molar-refractivity contribution in [1.82, 2.24) is 5.32 Å². The lowest BCUT2D eigenvalue weighted by atomic mass is 9.90. The average molecular weight is 316 g/mol. The monoisotopic (exact) mass is 315 g/mol. The molecule has 1 rings (SSSR count). The maximum absolute atomic E-state index is 4.27. The molecule has 0 fully saturated rings. The van der Waals surface area contributed by atoms with Gasteiger partial charge >= 0.3 is 0 Å². The highest BCUT2D eigenvalue weighted by atomic mass is 79.9. The van der Waals surface area contributed by atoms with Crippen LogP contribution in [0.3, 0.4) is 0 Å². The lowest BCUT2D eigenvalue weighted by Gasteiger charge is -2.23. The quantitative estimate of drug-likeness (QED) is 0.743. The van der Waals surface area contributed by atoms with Gasteiger partial charge in [-0.1, -0.05) is 39.8 Å². The van der Waals surface area contributed by atoms with E-state index in [4.69, 9.17) is 0 Å². The van der Waals surface area contributed by atoms with Crippen molar-refractivity contribution in [2.45, 2.75) is 39.7 Å². The summed E-state index contributed by atoms with van der Waals surface area (Å²) in [5, 5.41) is 3.52. The number of halogens is 1. The maximum atomic E-state index is 4.27. The predicted molar refractivity (Wildman–Crippen MR) is 81.9 cm³/mol. The summed E-state index contributed by atoms with van der Waals surface area (Å²) in [6.45, 7) is 14.0. The molecule has 1 aromatic heterocycles. The van der Waals surface area contributed by atoms with Crippen molar-refractivity contribution in [2.24, 2.45) is 5.92 Å². The molecule has 0 unspecified atom stereocenters. The normalized spacial score (nSPS) is 13.4. The summed E-state index contributed by atoms with van der Waals surface area (Å²) in [5.74, 6) is 0.948. The smallest absolute Gasteiger partial charge is 0.0701 e. The van der Waals surface area contributed by atoms with Gasteiger partial charge in [-0.15, -0.1) is 11.3 Å².